The van der Waals surface area contributed by atoms with E-state index in [1.165, 1.54) is 4.90 Å². The molecule has 0 atom stereocenters. The van der Waals surface area contributed by atoms with Crippen molar-refractivity contribution in [1.29, 1.82) is 0 Å². The average molecular weight is 248 g/mol. The Morgan fingerprint density at radius 1 is 1.18 bits per heavy atom. The minimum Gasteiger partial charge on any atom is -0.389 e. The Labute approximate surface area is 104 Å². The monoisotopic (exact) mass is 248 g/mol. The molecular weight excluding hydrogens is 236 g/mol. The normalized spacial score (nSPS) is 16.1. The molecule has 17 heavy (non-hydrogen) atoms. The predicted molar refractivity (Wildman–Crippen MR) is 68.7 cm³/mol. The summed E-state index contributed by atoms with van der Waals surface area (Å²) in [6.07, 6.45) is 1.39. The van der Waals surface area contributed by atoms with E-state index in [0.29, 0.717) is 30.5 Å². The van der Waals surface area contributed by atoms with E-state index in [2.05, 4.69) is 0 Å². The van der Waals surface area contributed by atoms with Gasteiger partial charge in [0, 0.05) is 18.4 Å². The number of carbonyl (C=O) groups excluding carboxylic acids is 2. The minimum atomic E-state index is -0.190. The van der Waals surface area contributed by atoms with Crippen LogP contribution in [0.3, 0.4) is 0 Å². The van der Waals surface area contributed by atoms with Crippen LogP contribution in [0.15, 0.2) is 24.3 Å². The summed E-state index contributed by atoms with van der Waals surface area (Å²) in [5.41, 5.74) is 6.65. The van der Waals surface area contributed by atoms with Crippen LogP contribution in [0.4, 0.5) is 5.69 Å². The van der Waals surface area contributed by atoms with Crippen molar-refractivity contribution in [3.63, 3.8) is 0 Å². The van der Waals surface area contributed by atoms with Gasteiger partial charge in [0.15, 0.2) is 0 Å². The average Bonchev–Trinajstić information content (AvgIpc) is 2.29. The van der Waals surface area contributed by atoms with Crippen molar-refractivity contribution >= 4 is 34.7 Å². The first kappa shape index (κ1) is 11.7. The number of nitrogens with two attached hydrogens (primary N) is 1. The fraction of sp³-hybridized carbons (Fsp3) is 0.250. The summed E-state index contributed by atoms with van der Waals surface area (Å²) in [5, 5.41) is 0. The van der Waals surface area contributed by atoms with Gasteiger partial charge >= 0.3 is 0 Å². The molecule has 1 aliphatic rings. The van der Waals surface area contributed by atoms with E-state index in [1.807, 2.05) is 0 Å². The molecule has 4 nitrogen and oxygen atoms in total. The lowest BCUT2D eigenvalue weighted by Gasteiger charge is -2.26. The Morgan fingerprint density at radius 3 is 2.35 bits per heavy atom. The number of imide groups is 1. The summed E-state index contributed by atoms with van der Waals surface area (Å²) in [6.45, 7) is 0. The van der Waals surface area contributed by atoms with Crippen molar-refractivity contribution in [2.45, 2.75) is 19.3 Å². The van der Waals surface area contributed by atoms with E-state index in [0.717, 1.165) is 0 Å². The van der Waals surface area contributed by atoms with Gasteiger partial charge in [-0.2, -0.15) is 0 Å². The molecule has 2 amide bonds. The van der Waals surface area contributed by atoms with E-state index < -0.39 is 0 Å². The number of rotatable bonds is 2. The van der Waals surface area contributed by atoms with Gasteiger partial charge in [-0.05, 0) is 18.6 Å². The van der Waals surface area contributed by atoms with Crippen LogP contribution in [0, 0.1) is 0 Å². The fourth-order valence-corrected chi connectivity index (χ4v) is 2.07. The third-order valence-corrected chi connectivity index (χ3v) is 2.91. The van der Waals surface area contributed by atoms with Crippen LogP contribution in [-0.2, 0) is 9.59 Å². The van der Waals surface area contributed by atoms with Crippen LogP contribution in [0.25, 0.3) is 0 Å². The third kappa shape index (κ3) is 2.19. The quantitative estimate of drug-likeness (QED) is 0.634. The predicted octanol–water partition coefficient (Wildman–Crippen LogP) is 1.36. The highest BCUT2D eigenvalue weighted by Crippen LogP contribution is 2.25. The van der Waals surface area contributed by atoms with Gasteiger partial charge < -0.3 is 5.73 Å². The first-order valence-corrected chi connectivity index (χ1v) is 5.76. The van der Waals surface area contributed by atoms with E-state index in [9.17, 15) is 9.59 Å². The van der Waals surface area contributed by atoms with Crippen LogP contribution in [0.1, 0.15) is 24.8 Å². The molecule has 1 saturated heterocycles. The van der Waals surface area contributed by atoms with Gasteiger partial charge in [-0.1, -0.05) is 24.4 Å². The Hall–Kier alpha value is -1.75. The van der Waals surface area contributed by atoms with Crippen LogP contribution in [0.2, 0.25) is 0 Å². The standard InChI is InChI=1S/C12H12N2O2S/c13-12(17)8-4-1-2-5-9(8)14-10(15)6-3-7-11(14)16/h1-2,4-5H,3,6-7H2,(H2,13,17). The van der Waals surface area contributed by atoms with Crippen LogP contribution >= 0.6 is 12.2 Å². The molecule has 2 rings (SSSR count). The van der Waals surface area contributed by atoms with E-state index >= 15 is 0 Å². The highest BCUT2D eigenvalue weighted by molar-refractivity contribution is 7.80. The molecule has 0 bridgehead atoms. The van der Waals surface area contributed by atoms with Gasteiger partial charge in [-0.25, -0.2) is 4.90 Å². The van der Waals surface area contributed by atoms with E-state index in [-0.39, 0.29) is 16.8 Å². The molecule has 0 spiro atoms. The van der Waals surface area contributed by atoms with Crippen molar-refractivity contribution in [2.24, 2.45) is 5.73 Å². The topological polar surface area (TPSA) is 63.4 Å². The minimum absolute atomic E-state index is 0.187. The summed E-state index contributed by atoms with van der Waals surface area (Å²) < 4.78 is 0. The van der Waals surface area contributed by atoms with Crippen molar-refractivity contribution in [2.75, 3.05) is 4.90 Å². The number of nitrogens with zero attached hydrogens (tertiary/aromatic N) is 1. The molecule has 1 aromatic rings. The second-order valence-electron chi connectivity index (χ2n) is 3.86. The lowest BCUT2D eigenvalue weighted by molar-refractivity contribution is -0.129. The number of amides is 2. The van der Waals surface area contributed by atoms with Gasteiger partial charge in [0.1, 0.15) is 4.99 Å². The summed E-state index contributed by atoms with van der Waals surface area (Å²) in [7, 11) is 0. The molecule has 1 fully saturated rings. The van der Waals surface area contributed by atoms with E-state index in [1.54, 1.807) is 24.3 Å². The highest BCUT2D eigenvalue weighted by Gasteiger charge is 2.29. The van der Waals surface area contributed by atoms with E-state index in [4.69, 9.17) is 18.0 Å². The second-order valence-corrected chi connectivity index (χ2v) is 4.30. The molecule has 1 aliphatic heterocycles. The van der Waals surface area contributed by atoms with Crippen molar-refractivity contribution in [3.8, 4) is 0 Å². The molecule has 0 saturated carbocycles. The number of carbonyl (C=O) groups is 2. The number of para-hydroxylation sites is 1. The van der Waals surface area contributed by atoms with Gasteiger partial charge in [0.25, 0.3) is 0 Å². The number of hydrogen-bond donors (Lipinski definition) is 1. The van der Waals surface area contributed by atoms with Gasteiger partial charge in [-0.15, -0.1) is 0 Å². The maximum absolute atomic E-state index is 11.8. The summed E-state index contributed by atoms with van der Waals surface area (Å²) >= 11 is 4.92. The molecule has 1 heterocycles. The molecule has 2 N–H and O–H groups in total. The van der Waals surface area contributed by atoms with Crippen LogP contribution in [0.5, 0.6) is 0 Å². The molecule has 0 radical (unpaired) electrons. The van der Waals surface area contributed by atoms with Crippen LogP contribution < -0.4 is 10.6 Å². The van der Waals surface area contributed by atoms with Crippen molar-refractivity contribution < 1.29 is 9.59 Å². The molecule has 0 aromatic heterocycles. The number of piperidine rings is 1. The SMILES string of the molecule is NC(=S)c1ccccc1N1C(=O)CCCC1=O. The fourth-order valence-electron chi connectivity index (χ4n) is 1.90. The molecule has 88 valence electrons. The maximum atomic E-state index is 11.8. The van der Waals surface area contributed by atoms with Gasteiger partial charge in [-0.3, -0.25) is 9.59 Å². The lowest BCUT2D eigenvalue weighted by Crippen LogP contribution is -2.41. The van der Waals surface area contributed by atoms with Gasteiger partial charge in [0.05, 0.1) is 5.69 Å². The molecular formula is C12H12N2O2S. The third-order valence-electron chi connectivity index (χ3n) is 2.69. The Morgan fingerprint density at radius 2 is 1.76 bits per heavy atom. The number of thiocarbonyl (C=S) groups is 1. The molecule has 0 aliphatic carbocycles. The highest BCUT2D eigenvalue weighted by atomic mass is 32.1. The first-order chi connectivity index (χ1) is 8.11. The van der Waals surface area contributed by atoms with Crippen molar-refractivity contribution in [1.82, 2.24) is 0 Å². The first-order valence-electron chi connectivity index (χ1n) is 5.36. The zero-order valence-corrected chi connectivity index (χ0v) is 10.00. The smallest absolute Gasteiger partial charge is 0.233 e. The zero-order chi connectivity index (χ0) is 12.4. The summed E-state index contributed by atoms with van der Waals surface area (Å²) in [4.78, 5) is 25.0. The molecule has 5 heteroatoms. The largest absolute Gasteiger partial charge is 0.389 e. The molecule has 0 unspecified atom stereocenters. The number of hydrogen-bond acceptors (Lipinski definition) is 3. The van der Waals surface area contributed by atoms with Crippen LogP contribution in [-0.4, -0.2) is 16.8 Å². The number of anilines is 1. The van der Waals surface area contributed by atoms with Crippen molar-refractivity contribution in [3.05, 3.63) is 29.8 Å². The zero-order valence-electron chi connectivity index (χ0n) is 9.18. The summed E-state index contributed by atoms with van der Waals surface area (Å²) in [5.74, 6) is -0.380. The summed E-state index contributed by atoms with van der Waals surface area (Å²) in [6, 6.07) is 6.94. The second kappa shape index (κ2) is 4.63. The molecule has 1 aromatic carbocycles. The number of benzene rings is 1. The van der Waals surface area contributed by atoms with Gasteiger partial charge in [0.2, 0.25) is 11.8 Å². The maximum Gasteiger partial charge on any atom is 0.233 e. The lowest BCUT2D eigenvalue weighted by atomic mass is 10.1. The Kier molecular flexibility index (Phi) is 3.19. The Bertz CT molecular complexity index is 483. The Balaban J connectivity index is 2.48.